The molecule has 0 spiro atoms. The first-order chi connectivity index (χ1) is 7.15. The molecular formula is C12H15NO2. The summed E-state index contributed by atoms with van der Waals surface area (Å²) in [6.07, 6.45) is 0.782. The SMILES string of the molecule is CC(=O)N(Cc1ccccc1)[C@@H](C)C=O. The number of hydrogen-bond donors (Lipinski definition) is 0. The molecule has 0 bridgehead atoms. The molecule has 3 nitrogen and oxygen atoms in total. The fourth-order valence-electron chi connectivity index (χ4n) is 1.40. The summed E-state index contributed by atoms with van der Waals surface area (Å²) < 4.78 is 0. The van der Waals surface area contributed by atoms with E-state index in [1.54, 1.807) is 11.8 Å². The molecule has 0 aliphatic heterocycles. The summed E-state index contributed by atoms with van der Waals surface area (Å²) in [5, 5.41) is 0. The van der Waals surface area contributed by atoms with E-state index in [-0.39, 0.29) is 11.9 Å². The summed E-state index contributed by atoms with van der Waals surface area (Å²) in [4.78, 5) is 23.5. The molecule has 1 atom stereocenters. The molecule has 1 aromatic carbocycles. The van der Waals surface area contributed by atoms with E-state index in [1.807, 2.05) is 30.3 Å². The highest BCUT2D eigenvalue weighted by Gasteiger charge is 2.15. The average Bonchev–Trinajstić information content (AvgIpc) is 2.26. The molecule has 0 aromatic heterocycles. The molecule has 0 unspecified atom stereocenters. The van der Waals surface area contributed by atoms with Gasteiger partial charge in [0.05, 0.1) is 6.04 Å². The third-order valence-corrected chi connectivity index (χ3v) is 2.29. The molecule has 0 N–H and O–H groups in total. The van der Waals surface area contributed by atoms with Gasteiger partial charge in [-0.05, 0) is 12.5 Å². The normalized spacial score (nSPS) is 11.9. The summed E-state index contributed by atoms with van der Waals surface area (Å²) in [7, 11) is 0. The van der Waals surface area contributed by atoms with E-state index in [9.17, 15) is 9.59 Å². The van der Waals surface area contributed by atoms with Crippen LogP contribution in [-0.2, 0) is 16.1 Å². The zero-order chi connectivity index (χ0) is 11.3. The number of nitrogens with zero attached hydrogens (tertiary/aromatic N) is 1. The van der Waals surface area contributed by atoms with Gasteiger partial charge < -0.3 is 9.69 Å². The minimum absolute atomic E-state index is 0.0848. The Bertz CT molecular complexity index is 335. The lowest BCUT2D eigenvalue weighted by Gasteiger charge is -2.24. The van der Waals surface area contributed by atoms with Crippen LogP contribution in [0.5, 0.6) is 0 Å². The molecule has 15 heavy (non-hydrogen) atoms. The molecule has 0 fully saturated rings. The van der Waals surface area contributed by atoms with Crippen molar-refractivity contribution in [3.8, 4) is 0 Å². The van der Waals surface area contributed by atoms with Gasteiger partial charge in [-0.3, -0.25) is 4.79 Å². The number of benzene rings is 1. The monoisotopic (exact) mass is 205 g/mol. The Labute approximate surface area is 89.7 Å². The minimum Gasteiger partial charge on any atom is -0.329 e. The second-order valence-electron chi connectivity index (χ2n) is 3.51. The average molecular weight is 205 g/mol. The highest BCUT2D eigenvalue weighted by Crippen LogP contribution is 2.07. The van der Waals surface area contributed by atoms with Gasteiger partial charge in [-0.15, -0.1) is 0 Å². The molecule has 80 valence electrons. The molecule has 0 heterocycles. The maximum Gasteiger partial charge on any atom is 0.220 e. The van der Waals surface area contributed by atoms with Gasteiger partial charge in [0, 0.05) is 13.5 Å². The standard InChI is InChI=1S/C12H15NO2/c1-10(9-14)13(11(2)15)8-12-6-4-3-5-7-12/h3-7,9-10H,8H2,1-2H3/t10-/m0/s1. The molecule has 1 aromatic rings. The lowest BCUT2D eigenvalue weighted by atomic mass is 10.2. The lowest BCUT2D eigenvalue weighted by molar-refractivity contribution is -0.134. The van der Waals surface area contributed by atoms with Crippen LogP contribution in [0.1, 0.15) is 19.4 Å². The van der Waals surface area contributed by atoms with Crippen LogP contribution in [0.3, 0.4) is 0 Å². The Hall–Kier alpha value is -1.64. The number of rotatable bonds is 4. The van der Waals surface area contributed by atoms with Crippen molar-refractivity contribution in [2.75, 3.05) is 0 Å². The molecule has 3 heteroatoms. The molecule has 1 rings (SSSR count). The van der Waals surface area contributed by atoms with E-state index < -0.39 is 0 Å². The molecule has 0 radical (unpaired) electrons. The minimum atomic E-state index is -0.372. The topological polar surface area (TPSA) is 37.4 Å². The first-order valence-electron chi connectivity index (χ1n) is 4.91. The van der Waals surface area contributed by atoms with Crippen molar-refractivity contribution in [2.45, 2.75) is 26.4 Å². The first kappa shape index (κ1) is 11.4. The quantitative estimate of drug-likeness (QED) is 0.700. The zero-order valence-corrected chi connectivity index (χ0v) is 9.01. The van der Waals surface area contributed by atoms with E-state index in [0.29, 0.717) is 6.54 Å². The molecule has 0 aliphatic rings. The Kier molecular flexibility index (Phi) is 4.03. The fourth-order valence-corrected chi connectivity index (χ4v) is 1.40. The van der Waals surface area contributed by atoms with Gasteiger partial charge in [0.25, 0.3) is 0 Å². The Morgan fingerprint density at radius 3 is 2.47 bits per heavy atom. The summed E-state index contributed by atoms with van der Waals surface area (Å²) in [5.74, 6) is -0.0848. The first-order valence-corrected chi connectivity index (χ1v) is 4.91. The van der Waals surface area contributed by atoms with Crippen LogP contribution in [0.4, 0.5) is 0 Å². The Balaban J connectivity index is 2.76. The van der Waals surface area contributed by atoms with Crippen molar-refractivity contribution in [3.63, 3.8) is 0 Å². The van der Waals surface area contributed by atoms with Crippen molar-refractivity contribution in [3.05, 3.63) is 35.9 Å². The van der Waals surface area contributed by atoms with Crippen LogP contribution >= 0.6 is 0 Å². The maximum atomic E-state index is 11.3. The fraction of sp³-hybridized carbons (Fsp3) is 0.333. The number of hydrogen-bond acceptors (Lipinski definition) is 2. The predicted molar refractivity (Wildman–Crippen MR) is 58.2 cm³/mol. The number of carbonyl (C=O) groups is 2. The van der Waals surface area contributed by atoms with Crippen LogP contribution in [0, 0.1) is 0 Å². The Morgan fingerprint density at radius 2 is 2.00 bits per heavy atom. The highest BCUT2D eigenvalue weighted by atomic mass is 16.2. The summed E-state index contributed by atoms with van der Waals surface area (Å²) in [6.45, 7) is 3.68. The predicted octanol–water partition coefficient (Wildman–Crippen LogP) is 1.62. The number of aldehydes is 1. The van der Waals surface area contributed by atoms with Crippen molar-refractivity contribution in [2.24, 2.45) is 0 Å². The Morgan fingerprint density at radius 1 is 1.40 bits per heavy atom. The largest absolute Gasteiger partial charge is 0.329 e. The molecular weight excluding hydrogens is 190 g/mol. The highest BCUT2D eigenvalue weighted by molar-refractivity contribution is 5.77. The van der Waals surface area contributed by atoms with Crippen LogP contribution in [-0.4, -0.2) is 23.1 Å². The van der Waals surface area contributed by atoms with Crippen molar-refractivity contribution >= 4 is 12.2 Å². The van der Waals surface area contributed by atoms with Gasteiger partial charge in [0.1, 0.15) is 6.29 Å². The van der Waals surface area contributed by atoms with Gasteiger partial charge in [-0.2, -0.15) is 0 Å². The number of amides is 1. The summed E-state index contributed by atoms with van der Waals surface area (Å²) in [6, 6.07) is 9.26. The van der Waals surface area contributed by atoms with Crippen LogP contribution in [0.2, 0.25) is 0 Å². The maximum absolute atomic E-state index is 11.3. The lowest BCUT2D eigenvalue weighted by Crippen LogP contribution is -2.37. The van der Waals surface area contributed by atoms with Gasteiger partial charge >= 0.3 is 0 Å². The molecule has 0 saturated heterocycles. The van der Waals surface area contributed by atoms with E-state index in [0.717, 1.165) is 11.8 Å². The zero-order valence-electron chi connectivity index (χ0n) is 9.01. The second kappa shape index (κ2) is 5.29. The third-order valence-electron chi connectivity index (χ3n) is 2.29. The van der Waals surface area contributed by atoms with E-state index >= 15 is 0 Å². The molecule has 1 amide bonds. The van der Waals surface area contributed by atoms with Gasteiger partial charge in [-0.25, -0.2) is 0 Å². The van der Waals surface area contributed by atoms with Crippen molar-refractivity contribution < 1.29 is 9.59 Å². The molecule has 0 saturated carbocycles. The third kappa shape index (κ3) is 3.20. The van der Waals surface area contributed by atoms with Crippen LogP contribution in [0.25, 0.3) is 0 Å². The van der Waals surface area contributed by atoms with Crippen LogP contribution in [0.15, 0.2) is 30.3 Å². The second-order valence-corrected chi connectivity index (χ2v) is 3.51. The van der Waals surface area contributed by atoms with Gasteiger partial charge in [-0.1, -0.05) is 30.3 Å². The summed E-state index contributed by atoms with van der Waals surface area (Å²) >= 11 is 0. The van der Waals surface area contributed by atoms with Gasteiger partial charge in [0.15, 0.2) is 0 Å². The van der Waals surface area contributed by atoms with E-state index in [2.05, 4.69) is 0 Å². The van der Waals surface area contributed by atoms with Crippen LogP contribution < -0.4 is 0 Å². The van der Waals surface area contributed by atoms with Gasteiger partial charge in [0.2, 0.25) is 5.91 Å². The smallest absolute Gasteiger partial charge is 0.220 e. The summed E-state index contributed by atoms with van der Waals surface area (Å²) in [5.41, 5.74) is 1.03. The van der Waals surface area contributed by atoms with E-state index in [4.69, 9.17) is 0 Å². The van der Waals surface area contributed by atoms with E-state index in [1.165, 1.54) is 6.92 Å². The van der Waals surface area contributed by atoms with Crippen molar-refractivity contribution in [1.82, 2.24) is 4.90 Å². The van der Waals surface area contributed by atoms with Crippen molar-refractivity contribution in [1.29, 1.82) is 0 Å². The number of carbonyl (C=O) groups excluding carboxylic acids is 2. The molecule has 0 aliphatic carbocycles.